The van der Waals surface area contributed by atoms with Crippen molar-refractivity contribution in [2.45, 2.75) is 18.9 Å². The molecule has 7 heteroatoms. The van der Waals surface area contributed by atoms with Gasteiger partial charge in [0.25, 0.3) is 0 Å². The van der Waals surface area contributed by atoms with Gasteiger partial charge in [-0.2, -0.15) is 0 Å². The molecular weight excluding hydrogens is 398 g/mol. The van der Waals surface area contributed by atoms with Crippen molar-refractivity contribution in [1.29, 1.82) is 0 Å². The number of aliphatic hydroxyl groups excluding tert-OH is 1. The van der Waals surface area contributed by atoms with Crippen LogP contribution in [-0.4, -0.2) is 28.7 Å². The van der Waals surface area contributed by atoms with Crippen LogP contribution >= 0.6 is 0 Å². The summed E-state index contributed by atoms with van der Waals surface area (Å²) in [6.07, 6.45) is 10.3. The second-order valence-electron chi connectivity index (χ2n) is 7.17. The standard InChI is InChI=1S/C24H21NO6/c1-3-21-19(8-5-11-26)24(20-10-9-16(28)13-22(20)30-21)18-7-4-6-15(25-14(2)27)12-17(18)23(29)31-24/h3,5-10,12-13,26,28H,1,4,11H2,2H3,(H,25,27)/b8-5-. The number of hydrogen-bond acceptors (Lipinski definition) is 6. The fourth-order valence-electron chi connectivity index (χ4n) is 4.05. The topological polar surface area (TPSA) is 105 Å². The van der Waals surface area contributed by atoms with Gasteiger partial charge in [0.2, 0.25) is 5.91 Å². The number of aromatic hydroxyl groups is 1. The van der Waals surface area contributed by atoms with Crippen molar-refractivity contribution in [3.05, 3.63) is 95.0 Å². The van der Waals surface area contributed by atoms with Gasteiger partial charge in [-0.25, -0.2) is 4.79 Å². The molecule has 1 aliphatic carbocycles. The Morgan fingerprint density at radius 1 is 1.35 bits per heavy atom. The highest BCUT2D eigenvalue weighted by Gasteiger charge is 2.56. The number of hydrogen-bond donors (Lipinski definition) is 3. The van der Waals surface area contributed by atoms with E-state index in [9.17, 15) is 19.8 Å². The molecule has 1 aromatic rings. The van der Waals surface area contributed by atoms with Crippen LogP contribution in [0.3, 0.4) is 0 Å². The maximum Gasteiger partial charge on any atom is 0.340 e. The highest BCUT2D eigenvalue weighted by atomic mass is 16.6. The Balaban J connectivity index is 1.99. The number of amides is 1. The zero-order valence-electron chi connectivity index (χ0n) is 16.8. The largest absolute Gasteiger partial charge is 0.508 e. The smallest absolute Gasteiger partial charge is 0.340 e. The van der Waals surface area contributed by atoms with Crippen LogP contribution in [0.2, 0.25) is 0 Å². The molecule has 1 unspecified atom stereocenters. The van der Waals surface area contributed by atoms with Gasteiger partial charge in [0.05, 0.1) is 12.2 Å². The first-order chi connectivity index (χ1) is 14.9. The molecule has 1 fully saturated rings. The summed E-state index contributed by atoms with van der Waals surface area (Å²) >= 11 is 0. The van der Waals surface area contributed by atoms with Gasteiger partial charge in [-0.1, -0.05) is 30.9 Å². The van der Waals surface area contributed by atoms with E-state index in [4.69, 9.17) is 9.47 Å². The first kappa shape index (κ1) is 20.4. The van der Waals surface area contributed by atoms with Crippen molar-refractivity contribution < 1.29 is 29.3 Å². The lowest BCUT2D eigenvalue weighted by molar-refractivity contribution is -0.143. The van der Waals surface area contributed by atoms with E-state index < -0.39 is 11.6 Å². The quantitative estimate of drug-likeness (QED) is 0.649. The number of nitrogens with one attached hydrogen (secondary N) is 1. The van der Waals surface area contributed by atoms with E-state index in [1.807, 2.05) is 6.08 Å². The molecule has 0 aromatic heterocycles. The number of carbonyl (C=O) groups is 2. The number of phenols is 1. The Hall–Kier alpha value is -3.84. The molecule has 1 spiro atoms. The average Bonchev–Trinajstić information content (AvgIpc) is 2.87. The number of carbonyl (C=O) groups excluding carboxylic acids is 2. The van der Waals surface area contributed by atoms with Crippen molar-refractivity contribution in [3.63, 3.8) is 0 Å². The molecule has 1 atom stereocenters. The van der Waals surface area contributed by atoms with Crippen LogP contribution in [0.1, 0.15) is 18.9 Å². The number of benzene rings is 1. The van der Waals surface area contributed by atoms with E-state index in [1.54, 1.807) is 24.3 Å². The normalized spacial score (nSPS) is 22.0. The molecule has 1 amide bonds. The van der Waals surface area contributed by atoms with E-state index >= 15 is 0 Å². The average molecular weight is 419 g/mol. The minimum absolute atomic E-state index is 0.00351. The van der Waals surface area contributed by atoms with Crippen LogP contribution in [-0.2, 0) is 19.9 Å². The van der Waals surface area contributed by atoms with E-state index in [0.29, 0.717) is 45.9 Å². The highest BCUT2D eigenvalue weighted by Crippen LogP contribution is 2.56. The summed E-state index contributed by atoms with van der Waals surface area (Å²) in [4.78, 5) is 24.6. The highest BCUT2D eigenvalue weighted by molar-refractivity contribution is 6.00. The summed E-state index contributed by atoms with van der Waals surface area (Å²) in [6.45, 7) is 4.97. The third-order valence-electron chi connectivity index (χ3n) is 5.20. The number of fused-ring (bicyclic) bond motifs is 4. The molecule has 2 aliphatic heterocycles. The van der Waals surface area contributed by atoms with Gasteiger partial charge in [0, 0.05) is 35.4 Å². The van der Waals surface area contributed by atoms with Gasteiger partial charge in [-0.05, 0) is 30.7 Å². The van der Waals surface area contributed by atoms with Crippen LogP contribution < -0.4 is 10.1 Å². The summed E-state index contributed by atoms with van der Waals surface area (Å²) < 4.78 is 12.0. The molecule has 3 aliphatic rings. The Morgan fingerprint density at radius 2 is 2.16 bits per heavy atom. The molecule has 31 heavy (non-hydrogen) atoms. The molecule has 4 rings (SSSR count). The van der Waals surface area contributed by atoms with Crippen LogP contribution in [0.15, 0.2) is 89.4 Å². The van der Waals surface area contributed by atoms with Crippen molar-refractivity contribution in [2.75, 3.05) is 6.61 Å². The molecule has 7 nitrogen and oxygen atoms in total. The number of phenolic OH excluding ortho intramolecular Hbond substituents is 1. The number of ether oxygens (including phenoxy) is 2. The van der Waals surface area contributed by atoms with Crippen molar-refractivity contribution in [2.24, 2.45) is 0 Å². The van der Waals surface area contributed by atoms with E-state index in [-0.39, 0.29) is 18.3 Å². The van der Waals surface area contributed by atoms with Gasteiger partial charge in [-0.3, -0.25) is 4.79 Å². The summed E-state index contributed by atoms with van der Waals surface area (Å²) in [5.41, 5.74) is 1.04. The van der Waals surface area contributed by atoms with Crippen LogP contribution in [0.4, 0.5) is 0 Å². The Bertz CT molecular complexity index is 1150. The van der Waals surface area contributed by atoms with Crippen LogP contribution in [0.5, 0.6) is 11.5 Å². The number of aliphatic hydroxyl groups is 1. The monoisotopic (exact) mass is 419 g/mol. The minimum atomic E-state index is -1.36. The molecule has 3 N–H and O–H groups in total. The SMILES string of the molecule is C=CC1=C(/C=C\CO)C2(OC(=O)C3=CC(NC(C)=O)=CCC=C32)c2ccc(O)cc2O1. The lowest BCUT2D eigenvalue weighted by atomic mass is 9.75. The lowest BCUT2D eigenvalue weighted by Gasteiger charge is -2.37. The lowest BCUT2D eigenvalue weighted by Crippen LogP contribution is -2.34. The maximum atomic E-state index is 13.1. The van der Waals surface area contributed by atoms with Crippen LogP contribution in [0, 0.1) is 0 Å². The fraction of sp³-hybridized carbons (Fsp3) is 0.167. The van der Waals surface area contributed by atoms with Gasteiger partial charge < -0.3 is 25.0 Å². The summed E-state index contributed by atoms with van der Waals surface area (Å²) in [5.74, 6) is -0.165. The number of esters is 1. The van der Waals surface area contributed by atoms with Crippen LogP contribution in [0.25, 0.3) is 0 Å². The van der Waals surface area contributed by atoms with Crippen molar-refractivity contribution >= 4 is 11.9 Å². The minimum Gasteiger partial charge on any atom is -0.508 e. The summed E-state index contributed by atoms with van der Waals surface area (Å²) in [7, 11) is 0. The van der Waals surface area contributed by atoms with E-state index in [1.165, 1.54) is 31.2 Å². The second kappa shape index (κ2) is 7.77. The molecule has 1 aromatic carbocycles. The van der Waals surface area contributed by atoms with Gasteiger partial charge >= 0.3 is 5.97 Å². The molecule has 1 saturated heterocycles. The Morgan fingerprint density at radius 3 is 2.87 bits per heavy atom. The zero-order chi connectivity index (χ0) is 22.2. The Kier molecular flexibility index (Phi) is 5.12. The first-order valence-corrected chi connectivity index (χ1v) is 9.70. The number of allylic oxidation sites excluding steroid dienone is 4. The summed E-state index contributed by atoms with van der Waals surface area (Å²) in [5, 5.41) is 22.1. The third kappa shape index (κ3) is 3.29. The maximum absolute atomic E-state index is 13.1. The molecular formula is C24H21NO6. The molecule has 0 bridgehead atoms. The second-order valence-corrected chi connectivity index (χ2v) is 7.17. The van der Waals surface area contributed by atoms with Gasteiger partial charge in [0.1, 0.15) is 17.3 Å². The van der Waals surface area contributed by atoms with Gasteiger partial charge in [-0.15, -0.1) is 0 Å². The van der Waals surface area contributed by atoms with Crippen molar-refractivity contribution in [1.82, 2.24) is 5.32 Å². The third-order valence-corrected chi connectivity index (χ3v) is 5.20. The Labute approximate surface area is 179 Å². The molecule has 2 heterocycles. The predicted molar refractivity (Wildman–Crippen MR) is 113 cm³/mol. The summed E-state index contributed by atoms with van der Waals surface area (Å²) in [6, 6.07) is 4.58. The van der Waals surface area contributed by atoms with E-state index in [0.717, 1.165) is 0 Å². The molecule has 0 radical (unpaired) electrons. The number of rotatable bonds is 4. The fourth-order valence-corrected chi connectivity index (χ4v) is 4.05. The molecule has 0 saturated carbocycles. The van der Waals surface area contributed by atoms with Crippen molar-refractivity contribution in [3.8, 4) is 11.5 Å². The predicted octanol–water partition coefficient (Wildman–Crippen LogP) is 2.80. The first-order valence-electron chi connectivity index (χ1n) is 9.70. The van der Waals surface area contributed by atoms with Gasteiger partial charge in [0.15, 0.2) is 5.60 Å². The van der Waals surface area contributed by atoms with E-state index in [2.05, 4.69) is 11.9 Å². The molecule has 158 valence electrons. The zero-order valence-corrected chi connectivity index (χ0v) is 16.8.